The van der Waals surface area contributed by atoms with E-state index in [9.17, 15) is 14.4 Å². The molecule has 2 fully saturated rings. The van der Waals surface area contributed by atoms with Crippen LogP contribution in [-0.2, 0) is 9.59 Å². The minimum Gasteiger partial charge on any atom is -0.497 e. The van der Waals surface area contributed by atoms with Crippen molar-refractivity contribution in [1.82, 2.24) is 4.90 Å². The summed E-state index contributed by atoms with van der Waals surface area (Å²) in [7, 11) is 1.56. The Kier molecular flexibility index (Phi) is 7.13. The van der Waals surface area contributed by atoms with Crippen LogP contribution in [0.1, 0.15) is 55.3 Å². The molecular formula is C25H27IN2O4. The number of hydrogen-bond donors (Lipinski definition) is 0. The Morgan fingerprint density at radius 1 is 1.03 bits per heavy atom. The minimum atomic E-state index is -0.788. The van der Waals surface area contributed by atoms with Crippen molar-refractivity contribution in [2.75, 3.05) is 12.0 Å². The smallest absolute Gasteiger partial charge is 0.257 e. The summed E-state index contributed by atoms with van der Waals surface area (Å²) in [4.78, 5) is 43.1. The van der Waals surface area contributed by atoms with Gasteiger partial charge >= 0.3 is 0 Å². The maximum Gasteiger partial charge on any atom is 0.257 e. The number of imide groups is 1. The Hall–Kier alpha value is -2.42. The number of methoxy groups -OCH3 is 1. The summed E-state index contributed by atoms with van der Waals surface area (Å²) in [6, 6.07) is 13.4. The first-order valence-corrected chi connectivity index (χ1v) is 12.2. The zero-order valence-electron chi connectivity index (χ0n) is 18.1. The molecule has 0 bridgehead atoms. The lowest BCUT2D eigenvalue weighted by Gasteiger charge is -2.35. The van der Waals surface area contributed by atoms with Crippen molar-refractivity contribution in [2.24, 2.45) is 0 Å². The van der Waals surface area contributed by atoms with Crippen LogP contribution >= 0.6 is 22.6 Å². The van der Waals surface area contributed by atoms with Gasteiger partial charge < -0.3 is 9.64 Å². The quantitative estimate of drug-likeness (QED) is 0.307. The van der Waals surface area contributed by atoms with Crippen LogP contribution in [-0.4, -0.2) is 41.8 Å². The predicted molar refractivity (Wildman–Crippen MR) is 131 cm³/mol. The Bertz CT molecular complexity index is 999. The average molecular weight is 546 g/mol. The Morgan fingerprint density at radius 2 is 1.72 bits per heavy atom. The Labute approximate surface area is 202 Å². The molecule has 2 aromatic carbocycles. The van der Waals surface area contributed by atoms with E-state index in [-0.39, 0.29) is 30.2 Å². The van der Waals surface area contributed by atoms with Gasteiger partial charge in [-0.3, -0.25) is 14.4 Å². The number of carbonyl (C=O) groups is 3. The van der Waals surface area contributed by atoms with Gasteiger partial charge in [-0.15, -0.1) is 0 Å². The van der Waals surface area contributed by atoms with Crippen molar-refractivity contribution in [3.8, 4) is 5.75 Å². The molecule has 0 radical (unpaired) electrons. The lowest BCUT2D eigenvalue weighted by atomic mass is 10.0. The third-order valence-corrected chi connectivity index (χ3v) is 7.03. The van der Waals surface area contributed by atoms with Crippen LogP contribution in [0.25, 0.3) is 0 Å². The molecule has 0 N–H and O–H groups in total. The van der Waals surface area contributed by atoms with E-state index in [4.69, 9.17) is 4.74 Å². The summed E-state index contributed by atoms with van der Waals surface area (Å²) in [5.41, 5.74) is 1.03. The monoisotopic (exact) mass is 546 g/mol. The highest BCUT2D eigenvalue weighted by Crippen LogP contribution is 2.32. The molecule has 3 amide bonds. The number of anilines is 1. The standard InChI is InChI=1S/C25H27IN2O4/c1-32-21-10-6-7-17(15-21)24(30)27(19-8-4-2-3-5-9-19)22-16-23(29)28(25(22)31)20-13-11-18(26)12-14-20/h6-7,10-15,19,22H,2-5,8-9,16H2,1H3. The largest absolute Gasteiger partial charge is 0.497 e. The molecule has 1 saturated carbocycles. The fourth-order valence-corrected chi connectivity index (χ4v) is 5.06. The molecule has 0 spiro atoms. The van der Waals surface area contributed by atoms with E-state index in [0.717, 1.165) is 42.1 Å². The van der Waals surface area contributed by atoms with E-state index in [2.05, 4.69) is 22.6 Å². The number of nitrogens with zero attached hydrogens (tertiary/aromatic N) is 2. The second-order valence-corrected chi connectivity index (χ2v) is 9.60. The Balaban J connectivity index is 1.69. The third kappa shape index (κ3) is 4.67. The van der Waals surface area contributed by atoms with Crippen LogP contribution in [0.2, 0.25) is 0 Å². The van der Waals surface area contributed by atoms with Crippen molar-refractivity contribution in [3.05, 3.63) is 57.7 Å². The van der Waals surface area contributed by atoms with Crippen molar-refractivity contribution in [3.63, 3.8) is 0 Å². The van der Waals surface area contributed by atoms with Gasteiger partial charge in [0.1, 0.15) is 11.8 Å². The number of hydrogen-bond acceptors (Lipinski definition) is 4. The molecule has 6 nitrogen and oxygen atoms in total. The zero-order chi connectivity index (χ0) is 22.7. The van der Waals surface area contributed by atoms with Crippen molar-refractivity contribution < 1.29 is 19.1 Å². The molecule has 168 valence electrons. The molecule has 1 atom stereocenters. The van der Waals surface area contributed by atoms with Gasteiger partial charge in [0, 0.05) is 15.2 Å². The second-order valence-electron chi connectivity index (χ2n) is 8.35. The first-order valence-electron chi connectivity index (χ1n) is 11.1. The lowest BCUT2D eigenvalue weighted by molar-refractivity contribution is -0.123. The van der Waals surface area contributed by atoms with Gasteiger partial charge in [-0.1, -0.05) is 31.7 Å². The first kappa shape index (κ1) is 22.8. The molecule has 4 rings (SSSR count). The van der Waals surface area contributed by atoms with E-state index >= 15 is 0 Å². The summed E-state index contributed by atoms with van der Waals surface area (Å²) in [5, 5.41) is 0. The van der Waals surface area contributed by atoms with E-state index in [1.165, 1.54) is 4.90 Å². The average Bonchev–Trinajstić information content (AvgIpc) is 2.97. The van der Waals surface area contributed by atoms with Crippen molar-refractivity contribution >= 4 is 46.0 Å². The highest BCUT2D eigenvalue weighted by Gasteiger charge is 2.46. The van der Waals surface area contributed by atoms with Crippen LogP contribution in [0.3, 0.4) is 0 Å². The number of benzene rings is 2. The number of halogens is 1. The normalized spacial score (nSPS) is 19.7. The molecule has 1 saturated heterocycles. The van der Waals surface area contributed by atoms with Gasteiger partial charge in [-0.25, -0.2) is 4.90 Å². The van der Waals surface area contributed by atoms with Crippen LogP contribution < -0.4 is 9.64 Å². The van der Waals surface area contributed by atoms with E-state index in [1.54, 1.807) is 48.4 Å². The first-order chi connectivity index (χ1) is 15.5. The lowest BCUT2D eigenvalue weighted by Crippen LogP contribution is -2.50. The number of carbonyl (C=O) groups excluding carboxylic acids is 3. The second kappa shape index (κ2) is 10.0. The molecule has 1 aliphatic carbocycles. The molecule has 7 heteroatoms. The number of amides is 3. The van der Waals surface area contributed by atoms with Gasteiger partial charge in [0.25, 0.3) is 11.8 Å². The van der Waals surface area contributed by atoms with Gasteiger partial charge in [0.2, 0.25) is 5.91 Å². The van der Waals surface area contributed by atoms with Gasteiger partial charge in [-0.05, 0) is 77.9 Å². The highest BCUT2D eigenvalue weighted by atomic mass is 127. The maximum atomic E-state index is 13.7. The molecule has 1 aliphatic heterocycles. The summed E-state index contributed by atoms with van der Waals surface area (Å²) in [6.07, 6.45) is 5.99. The van der Waals surface area contributed by atoms with Crippen LogP contribution in [0.5, 0.6) is 5.75 Å². The summed E-state index contributed by atoms with van der Waals surface area (Å²) >= 11 is 2.19. The van der Waals surface area contributed by atoms with Crippen molar-refractivity contribution in [2.45, 2.75) is 57.0 Å². The number of rotatable bonds is 5. The molecule has 32 heavy (non-hydrogen) atoms. The number of ether oxygens (including phenoxy) is 1. The zero-order valence-corrected chi connectivity index (χ0v) is 20.3. The van der Waals surface area contributed by atoms with Crippen LogP contribution in [0.4, 0.5) is 5.69 Å². The summed E-state index contributed by atoms with van der Waals surface area (Å²) < 4.78 is 6.32. The van der Waals surface area contributed by atoms with Gasteiger partial charge in [0.15, 0.2) is 0 Å². The van der Waals surface area contributed by atoms with Crippen LogP contribution in [0, 0.1) is 3.57 Å². The highest BCUT2D eigenvalue weighted by molar-refractivity contribution is 14.1. The van der Waals surface area contributed by atoms with E-state index in [1.807, 2.05) is 12.1 Å². The predicted octanol–water partition coefficient (Wildman–Crippen LogP) is 4.80. The fraction of sp³-hybridized carbons (Fsp3) is 0.400. The minimum absolute atomic E-state index is 0.0109. The molecule has 2 aromatic rings. The maximum absolute atomic E-state index is 13.7. The molecule has 2 aliphatic rings. The molecular weight excluding hydrogens is 519 g/mol. The van der Waals surface area contributed by atoms with Crippen molar-refractivity contribution in [1.29, 1.82) is 0 Å². The Morgan fingerprint density at radius 3 is 2.38 bits per heavy atom. The SMILES string of the molecule is COc1cccc(C(=O)N(C2CCCCCC2)C2CC(=O)N(c3ccc(I)cc3)C2=O)c1. The topological polar surface area (TPSA) is 66.9 Å². The summed E-state index contributed by atoms with van der Waals surface area (Å²) in [6.45, 7) is 0. The fourth-order valence-electron chi connectivity index (χ4n) is 4.70. The molecule has 0 aromatic heterocycles. The molecule has 1 heterocycles. The molecule has 1 unspecified atom stereocenters. The summed E-state index contributed by atoms with van der Waals surface area (Å²) in [5.74, 6) is -0.215. The van der Waals surface area contributed by atoms with Gasteiger partial charge in [-0.2, -0.15) is 0 Å². The van der Waals surface area contributed by atoms with Gasteiger partial charge in [0.05, 0.1) is 19.2 Å². The van der Waals surface area contributed by atoms with E-state index in [0.29, 0.717) is 17.0 Å². The third-order valence-electron chi connectivity index (χ3n) is 6.31. The van der Waals surface area contributed by atoms with Crippen LogP contribution in [0.15, 0.2) is 48.5 Å². The van der Waals surface area contributed by atoms with E-state index < -0.39 is 6.04 Å².